The molecule has 4 aromatic rings. The third kappa shape index (κ3) is 3.78. The van der Waals surface area contributed by atoms with E-state index in [2.05, 4.69) is 20.3 Å². The molecule has 0 fully saturated rings. The molecule has 0 radical (unpaired) electrons. The number of ether oxygens (including phenoxy) is 1. The van der Waals surface area contributed by atoms with E-state index < -0.39 is 0 Å². The van der Waals surface area contributed by atoms with Crippen molar-refractivity contribution >= 4 is 33.7 Å². The van der Waals surface area contributed by atoms with Gasteiger partial charge in [0, 0.05) is 28.9 Å². The van der Waals surface area contributed by atoms with E-state index in [1.54, 1.807) is 19.5 Å². The van der Waals surface area contributed by atoms with Crippen molar-refractivity contribution in [1.82, 2.24) is 15.0 Å². The number of hydrogen-bond acceptors (Lipinski definition) is 7. The third-order valence-electron chi connectivity index (χ3n) is 3.99. The number of amides is 1. The number of nitrogens with one attached hydrogen (secondary N) is 1. The van der Waals surface area contributed by atoms with Crippen LogP contribution in [-0.2, 0) is 0 Å². The summed E-state index contributed by atoms with van der Waals surface area (Å²) in [5.41, 5.74) is 3.22. The third-order valence-corrected chi connectivity index (χ3v) is 5.71. The average Bonchev–Trinajstić information content (AvgIpc) is 3.35. The van der Waals surface area contributed by atoms with E-state index in [1.807, 2.05) is 48.7 Å². The van der Waals surface area contributed by atoms with E-state index >= 15 is 0 Å². The fourth-order valence-electron chi connectivity index (χ4n) is 2.66. The molecule has 0 aliphatic carbocycles. The molecule has 28 heavy (non-hydrogen) atoms. The first-order chi connectivity index (χ1) is 13.6. The lowest BCUT2D eigenvalue weighted by atomic mass is 10.1. The lowest BCUT2D eigenvalue weighted by Gasteiger charge is -2.04. The van der Waals surface area contributed by atoms with Gasteiger partial charge in [-0.05, 0) is 43.3 Å². The van der Waals surface area contributed by atoms with Gasteiger partial charge in [-0.25, -0.2) is 9.97 Å². The summed E-state index contributed by atoms with van der Waals surface area (Å²) in [4.78, 5) is 26.6. The number of anilines is 1. The number of benzene rings is 1. The predicted octanol–water partition coefficient (Wildman–Crippen LogP) is 4.90. The van der Waals surface area contributed by atoms with Crippen molar-refractivity contribution in [3.8, 4) is 28.3 Å². The highest BCUT2D eigenvalue weighted by Crippen LogP contribution is 2.31. The second-order valence-corrected chi connectivity index (χ2v) is 7.93. The lowest BCUT2D eigenvalue weighted by Crippen LogP contribution is -2.11. The largest absolute Gasteiger partial charge is 0.497 e. The Balaban J connectivity index is 1.58. The summed E-state index contributed by atoms with van der Waals surface area (Å²) >= 11 is 2.74. The van der Waals surface area contributed by atoms with Gasteiger partial charge in [-0.2, -0.15) is 0 Å². The molecular formula is C20H16N4O2S2. The Morgan fingerprint density at radius 2 is 1.93 bits per heavy atom. The standard InChI is InChI=1S/C20H16N4O2S2/c1-12-22-17(13-5-7-15(26-2)8-6-13)18(28-12)19(25)24-20-23-16(11-27-20)14-4-3-9-21-10-14/h3-11H,1-2H3,(H,23,24,25). The fraction of sp³-hybridized carbons (Fsp3) is 0.100. The number of rotatable bonds is 5. The number of hydrogen-bond donors (Lipinski definition) is 1. The number of pyridine rings is 1. The Morgan fingerprint density at radius 3 is 2.64 bits per heavy atom. The molecule has 0 aliphatic heterocycles. The highest BCUT2D eigenvalue weighted by Gasteiger charge is 2.19. The van der Waals surface area contributed by atoms with Crippen molar-refractivity contribution in [3.05, 3.63) is 64.1 Å². The van der Waals surface area contributed by atoms with Gasteiger partial charge < -0.3 is 4.74 Å². The molecule has 1 amide bonds. The molecule has 8 heteroatoms. The normalized spacial score (nSPS) is 10.6. The van der Waals surface area contributed by atoms with Gasteiger partial charge in [-0.3, -0.25) is 15.1 Å². The fourth-order valence-corrected chi connectivity index (χ4v) is 4.21. The van der Waals surface area contributed by atoms with Crippen LogP contribution in [0.4, 0.5) is 5.13 Å². The molecule has 0 unspecified atom stereocenters. The minimum atomic E-state index is -0.219. The Kier molecular flexibility index (Phi) is 5.14. The number of carbonyl (C=O) groups excluding carboxylic acids is 1. The van der Waals surface area contributed by atoms with Gasteiger partial charge in [-0.15, -0.1) is 22.7 Å². The Morgan fingerprint density at radius 1 is 1.11 bits per heavy atom. The zero-order valence-corrected chi connectivity index (χ0v) is 16.8. The first kappa shape index (κ1) is 18.3. The van der Waals surface area contributed by atoms with Gasteiger partial charge in [0.1, 0.15) is 10.6 Å². The number of aromatic nitrogens is 3. The molecule has 3 heterocycles. The van der Waals surface area contributed by atoms with Crippen molar-refractivity contribution in [3.63, 3.8) is 0 Å². The summed E-state index contributed by atoms with van der Waals surface area (Å²) in [5, 5.41) is 6.15. The van der Waals surface area contributed by atoms with Crippen molar-refractivity contribution in [2.75, 3.05) is 12.4 Å². The summed E-state index contributed by atoms with van der Waals surface area (Å²) in [6.07, 6.45) is 3.46. The summed E-state index contributed by atoms with van der Waals surface area (Å²) in [5.74, 6) is 0.538. The molecule has 1 N–H and O–H groups in total. The maximum atomic E-state index is 12.9. The first-order valence-electron chi connectivity index (χ1n) is 8.43. The minimum Gasteiger partial charge on any atom is -0.497 e. The molecular weight excluding hydrogens is 392 g/mol. The number of carbonyl (C=O) groups is 1. The van der Waals surface area contributed by atoms with Crippen LogP contribution in [0, 0.1) is 6.92 Å². The van der Waals surface area contributed by atoms with Crippen LogP contribution in [0.15, 0.2) is 54.2 Å². The predicted molar refractivity (Wildman–Crippen MR) is 112 cm³/mol. The van der Waals surface area contributed by atoms with E-state index in [0.717, 1.165) is 27.6 Å². The van der Waals surface area contributed by atoms with E-state index in [-0.39, 0.29) is 5.91 Å². The number of methoxy groups -OCH3 is 1. The van der Waals surface area contributed by atoms with Gasteiger partial charge in [0.15, 0.2) is 5.13 Å². The molecule has 4 rings (SSSR count). The first-order valence-corrected chi connectivity index (χ1v) is 10.1. The highest BCUT2D eigenvalue weighted by molar-refractivity contribution is 7.15. The SMILES string of the molecule is COc1ccc(-c2nc(C)sc2C(=O)Nc2nc(-c3cccnc3)cs2)cc1. The van der Waals surface area contributed by atoms with Crippen molar-refractivity contribution < 1.29 is 9.53 Å². The van der Waals surface area contributed by atoms with Gasteiger partial charge in [0.25, 0.3) is 5.91 Å². The van der Waals surface area contributed by atoms with Crippen LogP contribution < -0.4 is 10.1 Å². The van der Waals surface area contributed by atoms with E-state index in [4.69, 9.17) is 4.74 Å². The van der Waals surface area contributed by atoms with Crippen LogP contribution in [0.25, 0.3) is 22.5 Å². The molecule has 0 atom stereocenters. The maximum Gasteiger partial charge on any atom is 0.269 e. The summed E-state index contributed by atoms with van der Waals surface area (Å²) in [6, 6.07) is 11.3. The summed E-state index contributed by atoms with van der Waals surface area (Å²) in [7, 11) is 1.62. The summed E-state index contributed by atoms with van der Waals surface area (Å²) in [6.45, 7) is 1.89. The topological polar surface area (TPSA) is 77.0 Å². The molecule has 1 aromatic carbocycles. The quantitative estimate of drug-likeness (QED) is 0.508. The maximum absolute atomic E-state index is 12.9. The number of nitrogens with zero attached hydrogens (tertiary/aromatic N) is 3. The second kappa shape index (κ2) is 7.87. The van der Waals surface area contributed by atoms with E-state index in [9.17, 15) is 4.79 Å². The van der Waals surface area contributed by atoms with Crippen LogP contribution in [0.3, 0.4) is 0 Å². The van der Waals surface area contributed by atoms with Crippen LogP contribution in [-0.4, -0.2) is 28.0 Å². The van der Waals surface area contributed by atoms with Crippen molar-refractivity contribution in [2.24, 2.45) is 0 Å². The van der Waals surface area contributed by atoms with Gasteiger partial charge in [0.2, 0.25) is 0 Å². The van der Waals surface area contributed by atoms with Crippen LogP contribution in [0.1, 0.15) is 14.7 Å². The lowest BCUT2D eigenvalue weighted by molar-refractivity contribution is 0.103. The average molecular weight is 409 g/mol. The Labute approximate surface area is 169 Å². The zero-order valence-electron chi connectivity index (χ0n) is 15.2. The van der Waals surface area contributed by atoms with Gasteiger partial charge in [0.05, 0.1) is 23.5 Å². The molecule has 0 saturated carbocycles. The smallest absolute Gasteiger partial charge is 0.269 e. The van der Waals surface area contributed by atoms with Gasteiger partial charge in [-0.1, -0.05) is 0 Å². The molecule has 0 aliphatic rings. The molecule has 0 spiro atoms. The monoisotopic (exact) mass is 408 g/mol. The molecule has 6 nitrogen and oxygen atoms in total. The summed E-state index contributed by atoms with van der Waals surface area (Å²) < 4.78 is 5.20. The van der Waals surface area contributed by atoms with Crippen LogP contribution in [0.5, 0.6) is 5.75 Å². The van der Waals surface area contributed by atoms with E-state index in [0.29, 0.717) is 15.7 Å². The number of aryl methyl sites for hydroxylation is 1. The van der Waals surface area contributed by atoms with E-state index in [1.165, 1.54) is 22.7 Å². The van der Waals surface area contributed by atoms with Gasteiger partial charge >= 0.3 is 0 Å². The second-order valence-electron chi connectivity index (χ2n) is 5.87. The minimum absolute atomic E-state index is 0.219. The highest BCUT2D eigenvalue weighted by atomic mass is 32.1. The molecule has 0 saturated heterocycles. The Hall–Kier alpha value is -3.10. The number of thiazole rings is 2. The Bertz CT molecular complexity index is 1100. The molecule has 0 bridgehead atoms. The van der Waals surface area contributed by atoms with Crippen LogP contribution >= 0.6 is 22.7 Å². The van der Waals surface area contributed by atoms with Crippen LogP contribution in [0.2, 0.25) is 0 Å². The molecule has 3 aromatic heterocycles. The van der Waals surface area contributed by atoms with Crippen molar-refractivity contribution in [2.45, 2.75) is 6.92 Å². The van der Waals surface area contributed by atoms with Crippen molar-refractivity contribution in [1.29, 1.82) is 0 Å². The zero-order chi connectivity index (χ0) is 19.5. The molecule has 140 valence electrons.